The fourth-order valence-corrected chi connectivity index (χ4v) is 4.44. The number of rotatable bonds is 14. The van der Waals surface area contributed by atoms with Gasteiger partial charge >= 0.3 is 5.97 Å². The van der Waals surface area contributed by atoms with E-state index >= 15 is 0 Å². The Balaban J connectivity index is 2.21. The highest BCUT2D eigenvalue weighted by Gasteiger charge is 2.40. The van der Waals surface area contributed by atoms with Gasteiger partial charge in [0.25, 0.3) is 0 Å². The van der Waals surface area contributed by atoms with Gasteiger partial charge in [0.2, 0.25) is 23.6 Å². The smallest absolute Gasteiger partial charge is 0.305 e. The van der Waals surface area contributed by atoms with Crippen LogP contribution in [0.5, 0.6) is 5.75 Å². The van der Waals surface area contributed by atoms with Crippen LogP contribution in [-0.4, -0.2) is 92.9 Å². The molecule has 1 saturated heterocycles. The van der Waals surface area contributed by atoms with Crippen molar-refractivity contribution in [1.82, 2.24) is 20.9 Å². The number of hydrogen-bond acceptors (Lipinski definition) is 8. The fourth-order valence-electron chi connectivity index (χ4n) is 4.44. The maximum atomic E-state index is 13.6. The number of carboxylic acids is 1. The quantitative estimate of drug-likeness (QED) is 0.161. The summed E-state index contributed by atoms with van der Waals surface area (Å²) in [5.74, 6) is -4.13. The highest BCUT2D eigenvalue weighted by Crippen LogP contribution is 2.21. The van der Waals surface area contributed by atoms with Gasteiger partial charge in [0.15, 0.2) is 0 Å². The zero-order chi connectivity index (χ0) is 30.0. The number of likely N-dealkylation sites (tertiary alicyclic amines) is 1. The molecule has 1 aliphatic heterocycles. The van der Waals surface area contributed by atoms with Crippen LogP contribution in [0, 0.1) is 5.92 Å². The number of benzene rings is 1. The van der Waals surface area contributed by atoms with Gasteiger partial charge in [-0.05, 0) is 43.4 Å². The van der Waals surface area contributed by atoms with E-state index in [1.54, 1.807) is 26.0 Å². The van der Waals surface area contributed by atoms with Crippen molar-refractivity contribution in [2.24, 2.45) is 5.92 Å². The van der Waals surface area contributed by atoms with Crippen LogP contribution in [0.2, 0.25) is 0 Å². The van der Waals surface area contributed by atoms with Crippen LogP contribution in [0.1, 0.15) is 52.0 Å². The molecule has 0 bridgehead atoms. The second-order valence-electron chi connectivity index (χ2n) is 10.2. The molecule has 1 fully saturated rings. The first-order valence-corrected chi connectivity index (χ1v) is 13.2. The van der Waals surface area contributed by atoms with Crippen LogP contribution < -0.4 is 16.0 Å². The monoisotopic (exact) mass is 562 g/mol. The van der Waals surface area contributed by atoms with E-state index in [2.05, 4.69) is 16.0 Å². The number of amides is 4. The average Bonchev–Trinajstić information content (AvgIpc) is 3.37. The number of phenols is 1. The Morgan fingerprint density at radius 2 is 1.68 bits per heavy atom. The van der Waals surface area contributed by atoms with Crippen LogP contribution in [0.3, 0.4) is 0 Å². The van der Waals surface area contributed by atoms with Crippen molar-refractivity contribution in [2.75, 3.05) is 6.54 Å². The molecule has 0 saturated carbocycles. The van der Waals surface area contributed by atoms with E-state index < -0.39 is 72.2 Å². The molecular weight excluding hydrogens is 524 g/mol. The van der Waals surface area contributed by atoms with E-state index in [9.17, 15) is 39.0 Å². The zero-order valence-electron chi connectivity index (χ0n) is 22.8. The van der Waals surface area contributed by atoms with E-state index in [0.29, 0.717) is 24.7 Å². The minimum atomic E-state index is -1.38. The van der Waals surface area contributed by atoms with Crippen molar-refractivity contribution < 1.29 is 44.1 Å². The summed E-state index contributed by atoms with van der Waals surface area (Å²) in [7, 11) is 0. The summed E-state index contributed by atoms with van der Waals surface area (Å²) >= 11 is 0. The van der Waals surface area contributed by atoms with E-state index in [1.807, 2.05) is 0 Å². The Morgan fingerprint density at radius 1 is 1.02 bits per heavy atom. The van der Waals surface area contributed by atoms with Gasteiger partial charge in [-0.2, -0.15) is 0 Å². The van der Waals surface area contributed by atoms with Crippen molar-refractivity contribution >= 4 is 35.9 Å². The molecule has 0 aliphatic carbocycles. The van der Waals surface area contributed by atoms with E-state index in [4.69, 9.17) is 5.11 Å². The number of hydrogen-bond donors (Lipinski definition) is 6. The second kappa shape index (κ2) is 15.0. The van der Waals surface area contributed by atoms with Gasteiger partial charge in [-0.3, -0.25) is 24.0 Å². The summed E-state index contributed by atoms with van der Waals surface area (Å²) in [5.41, 5.74) is 0.610. The first-order valence-electron chi connectivity index (χ1n) is 13.2. The lowest BCUT2D eigenvalue weighted by Crippen LogP contribution is -2.59. The van der Waals surface area contributed by atoms with Gasteiger partial charge in [0, 0.05) is 25.4 Å². The number of aliphatic hydroxyl groups excluding tert-OH is 1. The Bertz CT molecular complexity index is 1070. The second-order valence-corrected chi connectivity index (χ2v) is 10.2. The molecule has 40 heavy (non-hydrogen) atoms. The Labute approximate surface area is 232 Å². The number of carbonyl (C=O) groups is 6. The van der Waals surface area contributed by atoms with Gasteiger partial charge in [-0.25, -0.2) is 0 Å². The number of aromatic hydroxyl groups is 1. The minimum absolute atomic E-state index is 0.0139. The molecule has 6 N–H and O–H groups in total. The molecule has 5 atom stereocenters. The summed E-state index contributed by atoms with van der Waals surface area (Å²) < 4.78 is 0. The molecule has 2 rings (SSSR count). The molecule has 220 valence electrons. The van der Waals surface area contributed by atoms with Gasteiger partial charge in [0.1, 0.15) is 36.3 Å². The van der Waals surface area contributed by atoms with E-state index in [-0.39, 0.29) is 25.1 Å². The largest absolute Gasteiger partial charge is 0.508 e. The Kier molecular flexibility index (Phi) is 12.1. The van der Waals surface area contributed by atoms with Crippen molar-refractivity contribution in [3.8, 4) is 5.75 Å². The predicted octanol–water partition coefficient (Wildman–Crippen LogP) is -0.519. The maximum absolute atomic E-state index is 13.6. The summed E-state index contributed by atoms with van der Waals surface area (Å²) in [4.78, 5) is 75.5. The normalized spacial score (nSPS) is 17.8. The highest BCUT2D eigenvalue weighted by atomic mass is 16.4. The molecule has 0 aromatic heterocycles. The molecule has 4 amide bonds. The number of aliphatic carboxylic acids is 1. The third kappa shape index (κ3) is 9.33. The van der Waals surface area contributed by atoms with Crippen molar-refractivity contribution in [3.05, 3.63) is 29.8 Å². The first kappa shape index (κ1) is 32.2. The molecule has 13 nitrogen and oxygen atoms in total. The number of carbonyl (C=O) groups excluding carboxylic acids is 5. The molecule has 0 spiro atoms. The molecule has 0 radical (unpaired) electrons. The van der Waals surface area contributed by atoms with Crippen LogP contribution >= 0.6 is 0 Å². The fraction of sp³-hybridized carbons (Fsp3) is 0.556. The Hall–Kier alpha value is -4.00. The lowest BCUT2D eigenvalue weighted by atomic mass is 9.99. The number of carboxylic acid groups (broad SMARTS) is 1. The lowest BCUT2D eigenvalue weighted by Gasteiger charge is -2.32. The van der Waals surface area contributed by atoms with Gasteiger partial charge in [0.05, 0.1) is 6.42 Å². The molecule has 1 aliphatic rings. The highest BCUT2D eigenvalue weighted by molar-refractivity contribution is 5.95. The van der Waals surface area contributed by atoms with E-state index in [0.717, 1.165) is 0 Å². The summed E-state index contributed by atoms with van der Waals surface area (Å²) in [6.07, 6.45) is -0.661. The van der Waals surface area contributed by atoms with Crippen molar-refractivity contribution in [2.45, 2.75) is 83.1 Å². The SMILES string of the molecule is CC(C)[C@H](NC(=O)[C@H](Cc1ccc(O)cc1)NC(=O)[C@H](C)O)C(=O)N1CCC[C@H]1C(=O)N[C@H](CC=O)CC(=O)O. The van der Waals surface area contributed by atoms with Crippen LogP contribution in [0.25, 0.3) is 0 Å². The third-order valence-corrected chi connectivity index (χ3v) is 6.61. The van der Waals surface area contributed by atoms with Crippen LogP contribution in [0.4, 0.5) is 0 Å². The number of nitrogens with zero attached hydrogens (tertiary/aromatic N) is 1. The van der Waals surface area contributed by atoms with Crippen molar-refractivity contribution in [3.63, 3.8) is 0 Å². The average molecular weight is 563 g/mol. The van der Waals surface area contributed by atoms with Gasteiger partial charge < -0.3 is 41.0 Å². The van der Waals surface area contributed by atoms with E-state index in [1.165, 1.54) is 24.0 Å². The summed E-state index contributed by atoms with van der Waals surface area (Å²) in [6, 6.07) is 1.96. The predicted molar refractivity (Wildman–Crippen MR) is 142 cm³/mol. The molecule has 1 heterocycles. The number of phenolic OH excluding ortho intramolecular Hbond substituents is 1. The molecule has 0 unspecified atom stereocenters. The molecular formula is C27H38N4O9. The van der Waals surface area contributed by atoms with Gasteiger partial charge in [-0.15, -0.1) is 0 Å². The van der Waals surface area contributed by atoms with Crippen molar-refractivity contribution in [1.29, 1.82) is 0 Å². The number of aliphatic hydroxyl groups is 1. The van der Waals surface area contributed by atoms with Crippen LogP contribution in [0.15, 0.2) is 24.3 Å². The summed E-state index contributed by atoms with van der Waals surface area (Å²) in [5, 5.41) is 36.0. The first-order chi connectivity index (χ1) is 18.8. The number of aldehydes is 1. The molecule has 1 aromatic carbocycles. The molecule has 1 aromatic rings. The topological polar surface area (TPSA) is 202 Å². The summed E-state index contributed by atoms with van der Waals surface area (Å²) in [6.45, 7) is 4.91. The lowest BCUT2D eigenvalue weighted by molar-refractivity contribution is -0.143. The van der Waals surface area contributed by atoms with Crippen LogP contribution in [-0.2, 0) is 35.2 Å². The minimum Gasteiger partial charge on any atom is -0.508 e. The number of nitrogens with one attached hydrogen (secondary N) is 3. The zero-order valence-corrected chi connectivity index (χ0v) is 22.8. The standard InChI is InChI=1S/C27H38N4O9/c1-15(2)23(27(40)31-11-4-5-21(31)26(39)28-18(10-12-32)14-22(35)36)30-25(38)20(29-24(37)16(3)33)13-17-6-8-19(34)9-7-17/h6-9,12,15-16,18,20-21,23,33-34H,4-5,10-11,13-14H2,1-3H3,(H,28,39)(H,29,37)(H,30,38)(H,35,36)/t16-,18+,20-,21-,23-/m0/s1. The molecule has 13 heteroatoms. The Morgan fingerprint density at radius 3 is 2.23 bits per heavy atom. The van der Waals surface area contributed by atoms with Gasteiger partial charge in [-0.1, -0.05) is 26.0 Å². The third-order valence-electron chi connectivity index (χ3n) is 6.61. The maximum Gasteiger partial charge on any atom is 0.305 e.